The lowest BCUT2D eigenvalue weighted by molar-refractivity contribution is -0.121. The fourth-order valence-corrected chi connectivity index (χ4v) is 2.55. The average molecular weight is 321 g/mol. The van der Waals surface area contributed by atoms with Crippen molar-refractivity contribution < 1.29 is 14.3 Å². The molecule has 0 aromatic carbocycles. The molecular weight excluding hydrogens is 308 g/mol. The molecule has 0 bridgehead atoms. The molecular formula is C10H13BrN2O3S. The maximum atomic E-state index is 11.5. The van der Waals surface area contributed by atoms with E-state index >= 15 is 0 Å². The quantitative estimate of drug-likeness (QED) is 0.920. The van der Waals surface area contributed by atoms with E-state index in [1.807, 2.05) is 11.4 Å². The maximum absolute atomic E-state index is 11.5. The molecule has 0 unspecified atom stereocenters. The number of nitrogens with zero attached hydrogens (tertiary/aromatic N) is 1. The number of hydrogen-bond acceptors (Lipinski definition) is 4. The lowest BCUT2D eigenvalue weighted by Gasteiger charge is -2.14. The smallest absolute Gasteiger partial charge is 0.409 e. The zero-order valence-electron chi connectivity index (χ0n) is 9.53. The second-order valence-electron chi connectivity index (χ2n) is 3.29. The van der Waals surface area contributed by atoms with Gasteiger partial charge in [0.1, 0.15) is 6.54 Å². The number of hydrogen-bond donors (Lipinski definition) is 1. The summed E-state index contributed by atoms with van der Waals surface area (Å²) in [6.07, 6.45) is -0.530. The van der Waals surface area contributed by atoms with Gasteiger partial charge in [0.05, 0.1) is 13.7 Å². The molecule has 94 valence electrons. The lowest BCUT2D eigenvalue weighted by atomic mass is 10.4. The molecule has 1 N–H and O–H groups in total. The molecule has 17 heavy (non-hydrogen) atoms. The molecule has 7 heteroatoms. The third kappa shape index (κ3) is 4.35. The van der Waals surface area contributed by atoms with Gasteiger partial charge in [-0.2, -0.15) is 0 Å². The molecule has 0 aliphatic carbocycles. The summed E-state index contributed by atoms with van der Waals surface area (Å²) >= 11 is 4.93. The van der Waals surface area contributed by atoms with Gasteiger partial charge in [-0.3, -0.25) is 4.79 Å². The Bertz CT molecular complexity index is 408. The van der Waals surface area contributed by atoms with Crippen LogP contribution in [0.2, 0.25) is 0 Å². The summed E-state index contributed by atoms with van der Waals surface area (Å²) in [7, 11) is 2.78. The minimum absolute atomic E-state index is 0.0182. The van der Waals surface area contributed by atoms with Crippen molar-refractivity contribution in [1.29, 1.82) is 0 Å². The lowest BCUT2D eigenvalue weighted by Crippen LogP contribution is -2.37. The molecule has 0 fully saturated rings. The topological polar surface area (TPSA) is 58.6 Å². The summed E-state index contributed by atoms with van der Waals surface area (Å²) in [5, 5.41) is 4.66. The number of halogens is 1. The standard InChI is InChI=1S/C10H13BrN2O3S/c1-13(10(15)16-2)6-9(14)12-5-8-7(11)3-4-17-8/h3-4H,5-6H2,1-2H3,(H,12,14). The van der Waals surface area contributed by atoms with E-state index in [0.717, 1.165) is 9.35 Å². The van der Waals surface area contributed by atoms with Gasteiger partial charge in [-0.05, 0) is 27.4 Å². The molecule has 5 nitrogen and oxygen atoms in total. The van der Waals surface area contributed by atoms with Crippen LogP contribution in [0.25, 0.3) is 0 Å². The predicted molar refractivity (Wildman–Crippen MR) is 68.9 cm³/mol. The van der Waals surface area contributed by atoms with E-state index in [9.17, 15) is 9.59 Å². The van der Waals surface area contributed by atoms with Gasteiger partial charge in [0.2, 0.25) is 5.91 Å². The van der Waals surface area contributed by atoms with Crippen LogP contribution in [0.5, 0.6) is 0 Å². The summed E-state index contributed by atoms with van der Waals surface area (Å²) in [5.74, 6) is -0.224. The van der Waals surface area contributed by atoms with Gasteiger partial charge in [-0.25, -0.2) is 4.79 Å². The minimum atomic E-state index is -0.530. The molecule has 0 spiro atoms. The van der Waals surface area contributed by atoms with E-state index in [-0.39, 0.29) is 12.5 Å². The number of ether oxygens (including phenoxy) is 1. The molecule has 0 aliphatic rings. The van der Waals surface area contributed by atoms with E-state index in [4.69, 9.17) is 0 Å². The summed E-state index contributed by atoms with van der Waals surface area (Å²) in [5.41, 5.74) is 0. The predicted octanol–water partition coefficient (Wildman–Crippen LogP) is 1.82. The Morgan fingerprint density at radius 1 is 1.59 bits per heavy atom. The summed E-state index contributed by atoms with van der Waals surface area (Å²) in [6.45, 7) is 0.432. The maximum Gasteiger partial charge on any atom is 0.409 e. The van der Waals surface area contributed by atoms with E-state index in [2.05, 4.69) is 26.0 Å². The Hall–Kier alpha value is -1.08. The molecule has 1 aromatic rings. The van der Waals surface area contributed by atoms with Crippen molar-refractivity contribution in [2.24, 2.45) is 0 Å². The second kappa shape index (κ2) is 6.61. The van der Waals surface area contributed by atoms with Crippen molar-refractivity contribution in [2.75, 3.05) is 20.7 Å². The highest BCUT2D eigenvalue weighted by Crippen LogP contribution is 2.21. The Morgan fingerprint density at radius 3 is 2.82 bits per heavy atom. The third-order valence-electron chi connectivity index (χ3n) is 2.00. The first kappa shape index (κ1) is 14.0. The molecule has 0 aliphatic heterocycles. The fourth-order valence-electron chi connectivity index (χ4n) is 1.12. The molecule has 0 saturated carbocycles. The van der Waals surface area contributed by atoms with Gasteiger partial charge in [0.15, 0.2) is 0 Å². The highest BCUT2D eigenvalue weighted by Gasteiger charge is 2.12. The number of nitrogens with one attached hydrogen (secondary N) is 1. The molecule has 1 heterocycles. The van der Waals surface area contributed by atoms with Crippen molar-refractivity contribution >= 4 is 39.3 Å². The Morgan fingerprint density at radius 2 is 2.29 bits per heavy atom. The van der Waals surface area contributed by atoms with E-state index in [1.165, 1.54) is 19.1 Å². The van der Waals surface area contributed by atoms with Crippen LogP contribution in [-0.2, 0) is 16.1 Å². The molecule has 0 atom stereocenters. The first-order chi connectivity index (χ1) is 8.04. The Kier molecular flexibility index (Phi) is 5.43. The highest BCUT2D eigenvalue weighted by atomic mass is 79.9. The van der Waals surface area contributed by atoms with Gasteiger partial charge in [0.25, 0.3) is 0 Å². The summed E-state index contributed by atoms with van der Waals surface area (Å²) < 4.78 is 5.46. The van der Waals surface area contributed by atoms with Crippen LogP contribution in [0.15, 0.2) is 15.9 Å². The number of thiophene rings is 1. The molecule has 0 radical (unpaired) electrons. The number of amides is 2. The van der Waals surface area contributed by atoms with Gasteiger partial charge in [0, 0.05) is 16.4 Å². The van der Waals surface area contributed by atoms with Gasteiger partial charge >= 0.3 is 6.09 Å². The van der Waals surface area contributed by atoms with E-state index in [1.54, 1.807) is 11.3 Å². The minimum Gasteiger partial charge on any atom is -0.453 e. The zero-order valence-corrected chi connectivity index (χ0v) is 11.9. The van der Waals surface area contributed by atoms with Crippen LogP contribution in [0, 0.1) is 0 Å². The third-order valence-corrected chi connectivity index (χ3v) is 3.93. The summed E-state index contributed by atoms with van der Waals surface area (Å²) in [6, 6.07) is 1.92. The normalized spacial score (nSPS) is 9.82. The molecule has 1 rings (SSSR count). The SMILES string of the molecule is COC(=O)N(C)CC(=O)NCc1sccc1Br. The number of rotatable bonds is 4. The first-order valence-corrected chi connectivity index (χ1v) is 6.49. The largest absolute Gasteiger partial charge is 0.453 e. The van der Waals surface area contributed by atoms with E-state index < -0.39 is 6.09 Å². The van der Waals surface area contributed by atoms with Crippen molar-refractivity contribution in [3.63, 3.8) is 0 Å². The van der Waals surface area contributed by atoms with E-state index in [0.29, 0.717) is 6.54 Å². The number of carbonyl (C=O) groups excluding carboxylic acids is 2. The fraction of sp³-hybridized carbons (Fsp3) is 0.400. The van der Waals surface area contributed by atoms with Gasteiger partial charge in [-0.1, -0.05) is 0 Å². The van der Waals surface area contributed by atoms with Crippen molar-refractivity contribution in [3.8, 4) is 0 Å². The highest BCUT2D eigenvalue weighted by molar-refractivity contribution is 9.10. The Labute approximate surface area is 112 Å². The number of methoxy groups -OCH3 is 1. The summed E-state index contributed by atoms with van der Waals surface area (Å²) in [4.78, 5) is 24.8. The van der Waals surface area contributed by atoms with Gasteiger partial charge < -0.3 is 15.0 Å². The van der Waals surface area contributed by atoms with Crippen molar-refractivity contribution in [3.05, 3.63) is 20.8 Å². The van der Waals surface area contributed by atoms with Crippen LogP contribution in [0.3, 0.4) is 0 Å². The van der Waals surface area contributed by atoms with Crippen molar-refractivity contribution in [2.45, 2.75) is 6.54 Å². The Balaban J connectivity index is 2.36. The second-order valence-corrected chi connectivity index (χ2v) is 5.15. The molecule has 2 amide bonds. The zero-order chi connectivity index (χ0) is 12.8. The van der Waals surface area contributed by atoms with Crippen LogP contribution < -0.4 is 5.32 Å². The molecule has 0 saturated heterocycles. The number of likely N-dealkylation sites (N-methyl/N-ethyl adjacent to an activating group) is 1. The van der Waals surface area contributed by atoms with Crippen molar-refractivity contribution in [1.82, 2.24) is 10.2 Å². The first-order valence-electron chi connectivity index (χ1n) is 4.82. The monoisotopic (exact) mass is 320 g/mol. The van der Waals surface area contributed by atoms with Crippen LogP contribution >= 0.6 is 27.3 Å². The average Bonchev–Trinajstić information content (AvgIpc) is 2.71. The number of carbonyl (C=O) groups is 2. The van der Waals surface area contributed by atoms with Crippen LogP contribution in [0.1, 0.15) is 4.88 Å². The van der Waals surface area contributed by atoms with Crippen LogP contribution in [-0.4, -0.2) is 37.6 Å². The van der Waals surface area contributed by atoms with Crippen LogP contribution in [0.4, 0.5) is 4.79 Å². The van der Waals surface area contributed by atoms with Gasteiger partial charge in [-0.15, -0.1) is 11.3 Å². The molecule has 1 aromatic heterocycles.